The van der Waals surface area contributed by atoms with E-state index < -0.39 is 5.97 Å². The molecule has 5 heteroatoms. The highest BCUT2D eigenvalue weighted by Gasteiger charge is 2.10. The molecule has 0 radical (unpaired) electrons. The first-order valence-electron chi connectivity index (χ1n) is 4.70. The lowest BCUT2D eigenvalue weighted by molar-refractivity contribution is -0.131. The van der Waals surface area contributed by atoms with Crippen LogP contribution in [0.5, 0.6) is 11.5 Å². The zero-order chi connectivity index (χ0) is 12.0. The predicted octanol–water partition coefficient (Wildman–Crippen LogP) is 2.04. The van der Waals surface area contributed by atoms with E-state index in [9.17, 15) is 9.59 Å². The third kappa shape index (κ3) is 3.24. The van der Waals surface area contributed by atoms with Crippen LogP contribution in [0, 0.1) is 0 Å². The third-order valence-corrected chi connectivity index (χ3v) is 1.95. The minimum atomic E-state index is -0.568. The van der Waals surface area contributed by atoms with Crippen LogP contribution in [0.3, 0.4) is 0 Å². The summed E-state index contributed by atoms with van der Waals surface area (Å²) in [6, 6.07) is 4.54. The van der Waals surface area contributed by atoms with Gasteiger partial charge in [0.1, 0.15) is 12.2 Å². The van der Waals surface area contributed by atoms with E-state index in [1.807, 2.05) is 0 Å². The molecular formula is C11H11ClO4. The van der Waals surface area contributed by atoms with E-state index in [0.717, 1.165) is 0 Å². The van der Waals surface area contributed by atoms with Crippen LogP contribution >= 0.6 is 11.6 Å². The maximum atomic E-state index is 11.0. The van der Waals surface area contributed by atoms with Crippen molar-refractivity contribution in [2.75, 3.05) is 12.5 Å². The van der Waals surface area contributed by atoms with E-state index in [4.69, 9.17) is 21.1 Å². The largest absolute Gasteiger partial charge is 0.490 e. The first kappa shape index (κ1) is 12.5. The minimum Gasteiger partial charge on any atom is -0.490 e. The highest BCUT2D eigenvalue weighted by molar-refractivity contribution is 6.26. The second kappa shape index (κ2) is 6.12. The van der Waals surface area contributed by atoms with Gasteiger partial charge >= 0.3 is 5.97 Å². The smallest absolute Gasteiger partial charge is 0.326 e. The summed E-state index contributed by atoms with van der Waals surface area (Å²) in [5, 5.41) is 0. The van der Waals surface area contributed by atoms with Gasteiger partial charge in [0.2, 0.25) is 0 Å². The van der Waals surface area contributed by atoms with Crippen LogP contribution in [0.2, 0.25) is 0 Å². The molecule has 1 aromatic rings. The molecule has 1 rings (SSSR count). The number of hydrogen-bond donors (Lipinski definition) is 0. The van der Waals surface area contributed by atoms with Crippen molar-refractivity contribution >= 4 is 23.9 Å². The Hall–Kier alpha value is -1.55. The summed E-state index contributed by atoms with van der Waals surface area (Å²) in [5.41, 5.74) is 0.453. The Balaban J connectivity index is 2.97. The first-order valence-corrected chi connectivity index (χ1v) is 5.23. The zero-order valence-corrected chi connectivity index (χ0v) is 9.49. The van der Waals surface area contributed by atoms with Crippen LogP contribution in [-0.2, 0) is 4.79 Å². The van der Waals surface area contributed by atoms with Gasteiger partial charge in [-0.05, 0) is 25.1 Å². The van der Waals surface area contributed by atoms with Crippen LogP contribution in [0.25, 0.3) is 0 Å². The fourth-order valence-corrected chi connectivity index (χ4v) is 1.16. The van der Waals surface area contributed by atoms with Gasteiger partial charge in [-0.2, -0.15) is 0 Å². The van der Waals surface area contributed by atoms with Gasteiger partial charge in [-0.25, -0.2) is 0 Å². The molecule has 0 unspecified atom stereocenters. The van der Waals surface area contributed by atoms with E-state index in [2.05, 4.69) is 0 Å². The standard InChI is InChI=1S/C11H11ClO4/c1-2-15-10-5-8(7-13)3-4-9(10)16-11(14)6-12/h3-5,7H,2,6H2,1H3. The molecule has 0 aromatic heterocycles. The van der Waals surface area contributed by atoms with Gasteiger partial charge in [0.15, 0.2) is 11.5 Å². The second-order valence-electron chi connectivity index (χ2n) is 2.86. The van der Waals surface area contributed by atoms with Crippen LogP contribution < -0.4 is 9.47 Å². The maximum absolute atomic E-state index is 11.0. The molecule has 0 aliphatic rings. The average Bonchev–Trinajstić information content (AvgIpc) is 2.31. The SMILES string of the molecule is CCOc1cc(C=O)ccc1OC(=O)CCl. The van der Waals surface area contributed by atoms with Crippen molar-refractivity contribution in [3.05, 3.63) is 23.8 Å². The molecule has 0 aliphatic heterocycles. The molecule has 0 saturated heterocycles. The summed E-state index contributed by atoms with van der Waals surface area (Å²) in [6.07, 6.45) is 0.690. The molecule has 16 heavy (non-hydrogen) atoms. The van der Waals surface area contributed by atoms with E-state index in [1.165, 1.54) is 18.2 Å². The summed E-state index contributed by atoms with van der Waals surface area (Å²) in [5.74, 6) is -0.189. The minimum absolute atomic E-state index is 0.235. The van der Waals surface area contributed by atoms with E-state index in [0.29, 0.717) is 24.2 Å². The van der Waals surface area contributed by atoms with Gasteiger partial charge in [-0.3, -0.25) is 9.59 Å². The number of alkyl halides is 1. The lowest BCUT2D eigenvalue weighted by atomic mass is 10.2. The Morgan fingerprint density at radius 1 is 1.44 bits per heavy atom. The maximum Gasteiger partial charge on any atom is 0.326 e. The summed E-state index contributed by atoms with van der Waals surface area (Å²) >= 11 is 5.32. The van der Waals surface area contributed by atoms with Crippen molar-refractivity contribution in [2.45, 2.75) is 6.92 Å². The van der Waals surface area contributed by atoms with Crippen LogP contribution in [0.1, 0.15) is 17.3 Å². The van der Waals surface area contributed by atoms with E-state index >= 15 is 0 Å². The van der Waals surface area contributed by atoms with Crippen molar-refractivity contribution in [1.29, 1.82) is 0 Å². The normalized spacial score (nSPS) is 9.62. The summed E-state index contributed by atoms with van der Waals surface area (Å²) in [4.78, 5) is 21.6. The van der Waals surface area contributed by atoms with Crippen molar-refractivity contribution in [3.8, 4) is 11.5 Å². The predicted molar refractivity (Wildman–Crippen MR) is 59.4 cm³/mol. The van der Waals surface area contributed by atoms with Gasteiger partial charge in [0.05, 0.1) is 6.61 Å². The molecule has 0 bridgehead atoms. The van der Waals surface area contributed by atoms with Gasteiger partial charge in [-0.15, -0.1) is 11.6 Å². The van der Waals surface area contributed by atoms with Crippen LogP contribution in [-0.4, -0.2) is 24.7 Å². The fourth-order valence-electron chi connectivity index (χ4n) is 1.10. The van der Waals surface area contributed by atoms with Crippen molar-refractivity contribution in [3.63, 3.8) is 0 Å². The number of ether oxygens (including phenoxy) is 2. The molecule has 86 valence electrons. The highest BCUT2D eigenvalue weighted by Crippen LogP contribution is 2.28. The molecule has 0 aliphatic carbocycles. The average molecular weight is 243 g/mol. The van der Waals surface area contributed by atoms with Gasteiger partial charge in [0, 0.05) is 5.56 Å². The lowest BCUT2D eigenvalue weighted by Crippen LogP contribution is -2.10. The van der Waals surface area contributed by atoms with Gasteiger partial charge < -0.3 is 9.47 Å². The molecule has 0 amide bonds. The number of aldehydes is 1. The Labute approximate surface area is 98.1 Å². The topological polar surface area (TPSA) is 52.6 Å². The highest BCUT2D eigenvalue weighted by atomic mass is 35.5. The fraction of sp³-hybridized carbons (Fsp3) is 0.273. The number of hydrogen-bond acceptors (Lipinski definition) is 4. The molecule has 0 saturated carbocycles. The molecule has 1 aromatic carbocycles. The number of carbonyl (C=O) groups is 2. The van der Waals surface area contributed by atoms with Crippen molar-refractivity contribution < 1.29 is 19.1 Å². The number of carbonyl (C=O) groups excluding carboxylic acids is 2. The molecule has 0 spiro atoms. The Kier molecular flexibility index (Phi) is 4.79. The number of benzene rings is 1. The van der Waals surface area contributed by atoms with E-state index in [-0.39, 0.29) is 11.6 Å². The lowest BCUT2D eigenvalue weighted by Gasteiger charge is -2.09. The first-order chi connectivity index (χ1) is 7.71. The summed E-state index contributed by atoms with van der Waals surface area (Å²) < 4.78 is 10.2. The van der Waals surface area contributed by atoms with Gasteiger partial charge in [-0.1, -0.05) is 0 Å². The van der Waals surface area contributed by atoms with Crippen molar-refractivity contribution in [1.82, 2.24) is 0 Å². The summed E-state index contributed by atoms with van der Waals surface area (Å²) in [7, 11) is 0. The summed E-state index contributed by atoms with van der Waals surface area (Å²) in [6.45, 7) is 2.20. The molecule has 0 atom stereocenters. The Morgan fingerprint density at radius 2 is 2.19 bits per heavy atom. The number of esters is 1. The molecule has 0 fully saturated rings. The zero-order valence-electron chi connectivity index (χ0n) is 8.73. The van der Waals surface area contributed by atoms with E-state index in [1.54, 1.807) is 6.92 Å². The Bertz CT molecular complexity index is 390. The Morgan fingerprint density at radius 3 is 2.75 bits per heavy atom. The number of rotatable bonds is 5. The van der Waals surface area contributed by atoms with Crippen LogP contribution in [0.15, 0.2) is 18.2 Å². The second-order valence-corrected chi connectivity index (χ2v) is 3.13. The quantitative estimate of drug-likeness (QED) is 0.343. The van der Waals surface area contributed by atoms with Gasteiger partial charge in [0.25, 0.3) is 0 Å². The number of halogens is 1. The van der Waals surface area contributed by atoms with Crippen LogP contribution in [0.4, 0.5) is 0 Å². The monoisotopic (exact) mass is 242 g/mol. The molecule has 0 heterocycles. The molecular weight excluding hydrogens is 232 g/mol. The molecule has 0 N–H and O–H groups in total. The van der Waals surface area contributed by atoms with Crippen molar-refractivity contribution in [2.24, 2.45) is 0 Å². The third-order valence-electron chi connectivity index (χ3n) is 1.74. The molecule has 4 nitrogen and oxygen atoms in total.